The summed E-state index contributed by atoms with van der Waals surface area (Å²) in [4.78, 5) is 4.22. The first-order chi connectivity index (χ1) is 6.27. The maximum atomic E-state index is 5.39. The summed E-state index contributed by atoms with van der Waals surface area (Å²) in [5, 5.41) is 0. The third kappa shape index (κ3) is 2.68. The van der Waals surface area contributed by atoms with Gasteiger partial charge in [-0.3, -0.25) is 11.3 Å². The highest BCUT2D eigenvalue weighted by Gasteiger charge is 2.08. The molecular weight excluding hydrogens is 164 g/mol. The number of nitrogens with one attached hydrogen (secondary N) is 1. The fourth-order valence-corrected chi connectivity index (χ4v) is 1.23. The van der Waals surface area contributed by atoms with Gasteiger partial charge in [-0.05, 0) is 6.42 Å². The van der Waals surface area contributed by atoms with E-state index in [9.17, 15) is 0 Å². The van der Waals surface area contributed by atoms with Gasteiger partial charge in [0.2, 0.25) is 0 Å². The van der Waals surface area contributed by atoms with Gasteiger partial charge in [0.05, 0.1) is 0 Å². The van der Waals surface area contributed by atoms with Crippen molar-refractivity contribution in [1.82, 2.24) is 15.0 Å². The van der Waals surface area contributed by atoms with E-state index < -0.39 is 0 Å². The zero-order chi connectivity index (χ0) is 9.68. The third-order valence-corrected chi connectivity index (χ3v) is 2.04. The van der Waals surface area contributed by atoms with Gasteiger partial charge < -0.3 is 4.57 Å². The van der Waals surface area contributed by atoms with Crippen molar-refractivity contribution in [2.24, 2.45) is 12.9 Å². The second-order valence-corrected chi connectivity index (χ2v) is 3.05. The van der Waals surface area contributed by atoms with E-state index in [0.29, 0.717) is 0 Å². The molecule has 0 aromatic carbocycles. The molecule has 0 aliphatic rings. The molecule has 1 heterocycles. The maximum absolute atomic E-state index is 5.39. The van der Waals surface area contributed by atoms with Crippen LogP contribution in [0.2, 0.25) is 0 Å². The average Bonchev–Trinajstić information content (AvgIpc) is 2.51. The Bertz CT molecular complexity index is 266. The van der Waals surface area contributed by atoms with Gasteiger partial charge in [0.15, 0.2) is 0 Å². The van der Waals surface area contributed by atoms with Gasteiger partial charge in [-0.25, -0.2) is 4.98 Å². The molecule has 72 valence electrons. The number of nitrogens with two attached hydrogens (primary N) is 1. The molecule has 0 saturated carbocycles. The highest BCUT2D eigenvalue weighted by molar-refractivity contribution is 4.95. The second kappa shape index (κ2) is 4.79. The first-order valence-corrected chi connectivity index (χ1v) is 4.31. The summed E-state index contributed by atoms with van der Waals surface area (Å²) < 4.78 is 1.99. The fraction of sp³-hybridized carbons (Fsp3) is 0.444. The molecule has 1 unspecified atom stereocenters. The lowest BCUT2D eigenvalue weighted by Gasteiger charge is -2.12. The Morgan fingerprint density at radius 3 is 3.08 bits per heavy atom. The van der Waals surface area contributed by atoms with E-state index in [2.05, 4.69) is 17.0 Å². The van der Waals surface area contributed by atoms with E-state index >= 15 is 0 Å². The Morgan fingerprint density at radius 2 is 2.62 bits per heavy atom. The Kier molecular flexibility index (Phi) is 3.67. The van der Waals surface area contributed by atoms with E-state index in [1.165, 1.54) is 0 Å². The van der Waals surface area contributed by atoms with Crippen molar-refractivity contribution in [3.8, 4) is 0 Å². The van der Waals surface area contributed by atoms with E-state index in [1.54, 1.807) is 6.20 Å². The standard InChI is InChI=1S/C9H16N4/c1-3-4-8(12-10)7-9-11-5-6-13(9)2/h3,5-6,8,12H,1,4,7,10H2,2H3. The topological polar surface area (TPSA) is 55.9 Å². The van der Waals surface area contributed by atoms with Crippen LogP contribution in [-0.2, 0) is 13.5 Å². The molecular formula is C9H16N4. The molecule has 1 aromatic rings. The lowest BCUT2D eigenvalue weighted by molar-refractivity contribution is 0.512. The summed E-state index contributed by atoms with van der Waals surface area (Å²) in [6.45, 7) is 3.68. The molecule has 0 radical (unpaired) electrons. The zero-order valence-electron chi connectivity index (χ0n) is 7.90. The van der Waals surface area contributed by atoms with Crippen molar-refractivity contribution in [1.29, 1.82) is 0 Å². The number of rotatable bonds is 5. The third-order valence-electron chi connectivity index (χ3n) is 2.04. The SMILES string of the molecule is C=CCC(Cc1nccn1C)NN. The van der Waals surface area contributed by atoms with E-state index in [1.807, 2.05) is 23.9 Å². The van der Waals surface area contributed by atoms with Crippen LogP contribution in [0, 0.1) is 0 Å². The van der Waals surface area contributed by atoms with Crippen LogP contribution in [0.1, 0.15) is 12.2 Å². The van der Waals surface area contributed by atoms with Gasteiger partial charge in [0.25, 0.3) is 0 Å². The Morgan fingerprint density at radius 1 is 1.85 bits per heavy atom. The summed E-state index contributed by atoms with van der Waals surface area (Å²) in [6.07, 6.45) is 7.25. The van der Waals surface area contributed by atoms with Crippen LogP contribution in [0.15, 0.2) is 25.0 Å². The lowest BCUT2D eigenvalue weighted by atomic mass is 10.1. The van der Waals surface area contributed by atoms with Gasteiger partial charge in [0, 0.05) is 31.9 Å². The van der Waals surface area contributed by atoms with Crippen LogP contribution in [0.25, 0.3) is 0 Å². The molecule has 1 atom stereocenters. The Hall–Kier alpha value is -1.13. The summed E-state index contributed by atoms with van der Waals surface area (Å²) in [6, 6.07) is 0.221. The van der Waals surface area contributed by atoms with Gasteiger partial charge in [0.1, 0.15) is 5.82 Å². The molecule has 0 aliphatic carbocycles. The molecule has 0 spiro atoms. The largest absolute Gasteiger partial charge is 0.338 e. The van der Waals surface area contributed by atoms with Crippen LogP contribution in [0.5, 0.6) is 0 Å². The van der Waals surface area contributed by atoms with Gasteiger partial charge in [-0.2, -0.15) is 0 Å². The minimum absolute atomic E-state index is 0.221. The van der Waals surface area contributed by atoms with Crippen molar-refractivity contribution in [2.75, 3.05) is 0 Å². The van der Waals surface area contributed by atoms with E-state index in [-0.39, 0.29) is 6.04 Å². The molecule has 0 bridgehead atoms. The van der Waals surface area contributed by atoms with Gasteiger partial charge in [-0.1, -0.05) is 6.08 Å². The van der Waals surface area contributed by atoms with Crippen LogP contribution >= 0.6 is 0 Å². The highest BCUT2D eigenvalue weighted by atomic mass is 15.2. The van der Waals surface area contributed by atoms with Crippen LogP contribution in [0.3, 0.4) is 0 Å². The van der Waals surface area contributed by atoms with Gasteiger partial charge >= 0.3 is 0 Å². The molecule has 0 saturated heterocycles. The first-order valence-electron chi connectivity index (χ1n) is 4.31. The van der Waals surface area contributed by atoms with Crippen molar-refractivity contribution in [3.63, 3.8) is 0 Å². The summed E-state index contributed by atoms with van der Waals surface area (Å²) in [5.74, 6) is 6.42. The maximum Gasteiger partial charge on any atom is 0.109 e. The summed E-state index contributed by atoms with van der Waals surface area (Å²) in [5.41, 5.74) is 2.74. The number of nitrogens with zero attached hydrogens (tertiary/aromatic N) is 2. The summed E-state index contributed by atoms with van der Waals surface area (Å²) >= 11 is 0. The number of hydrogen-bond donors (Lipinski definition) is 2. The Balaban J connectivity index is 2.55. The predicted octanol–water partition coefficient (Wildman–Crippen LogP) is 0.371. The molecule has 3 N–H and O–H groups in total. The van der Waals surface area contributed by atoms with Crippen molar-refractivity contribution >= 4 is 0 Å². The van der Waals surface area contributed by atoms with Crippen LogP contribution < -0.4 is 11.3 Å². The zero-order valence-corrected chi connectivity index (χ0v) is 7.90. The van der Waals surface area contributed by atoms with Gasteiger partial charge in [-0.15, -0.1) is 6.58 Å². The quantitative estimate of drug-likeness (QED) is 0.391. The normalized spacial score (nSPS) is 12.8. The average molecular weight is 180 g/mol. The van der Waals surface area contributed by atoms with E-state index in [0.717, 1.165) is 18.7 Å². The van der Waals surface area contributed by atoms with Crippen LogP contribution in [-0.4, -0.2) is 15.6 Å². The second-order valence-electron chi connectivity index (χ2n) is 3.05. The van der Waals surface area contributed by atoms with Crippen molar-refractivity contribution < 1.29 is 0 Å². The minimum atomic E-state index is 0.221. The molecule has 4 heteroatoms. The van der Waals surface area contributed by atoms with Crippen molar-refractivity contribution in [2.45, 2.75) is 18.9 Å². The predicted molar refractivity (Wildman–Crippen MR) is 52.8 cm³/mol. The number of aryl methyl sites for hydroxylation is 1. The number of hydrazine groups is 1. The number of hydrogen-bond acceptors (Lipinski definition) is 3. The molecule has 0 aliphatic heterocycles. The number of imidazole rings is 1. The van der Waals surface area contributed by atoms with Crippen molar-refractivity contribution in [3.05, 3.63) is 30.9 Å². The molecule has 0 fully saturated rings. The number of aromatic nitrogens is 2. The molecule has 0 amide bonds. The highest BCUT2D eigenvalue weighted by Crippen LogP contribution is 2.02. The Labute approximate surface area is 78.4 Å². The van der Waals surface area contributed by atoms with Crippen LogP contribution in [0.4, 0.5) is 0 Å². The molecule has 1 aromatic heterocycles. The smallest absolute Gasteiger partial charge is 0.109 e. The minimum Gasteiger partial charge on any atom is -0.338 e. The summed E-state index contributed by atoms with van der Waals surface area (Å²) in [7, 11) is 1.98. The lowest BCUT2D eigenvalue weighted by Crippen LogP contribution is -2.36. The molecule has 13 heavy (non-hydrogen) atoms. The first kappa shape index (κ1) is 9.95. The fourth-order valence-electron chi connectivity index (χ4n) is 1.23. The monoisotopic (exact) mass is 180 g/mol. The molecule has 4 nitrogen and oxygen atoms in total. The van der Waals surface area contributed by atoms with E-state index in [4.69, 9.17) is 5.84 Å². The molecule has 1 rings (SSSR count).